The van der Waals surface area contributed by atoms with Crippen molar-refractivity contribution in [1.82, 2.24) is 10.3 Å². The Hall–Kier alpha value is -4.36. The van der Waals surface area contributed by atoms with Crippen molar-refractivity contribution in [2.75, 3.05) is 20.3 Å². The van der Waals surface area contributed by atoms with E-state index in [0.29, 0.717) is 19.1 Å². The highest BCUT2D eigenvalue weighted by atomic mass is 16.5. The summed E-state index contributed by atoms with van der Waals surface area (Å²) in [4.78, 5) is 16.1. The fourth-order valence-corrected chi connectivity index (χ4v) is 4.42. The van der Waals surface area contributed by atoms with Gasteiger partial charge in [-0.15, -0.1) is 0 Å². The van der Waals surface area contributed by atoms with E-state index in [1.807, 2.05) is 54.6 Å². The minimum Gasteiger partial charge on any atom is -0.493 e. The van der Waals surface area contributed by atoms with Gasteiger partial charge in [0.1, 0.15) is 12.9 Å². The maximum absolute atomic E-state index is 11.8. The van der Waals surface area contributed by atoms with E-state index in [-0.39, 0.29) is 11.7 Å². The summed E-state index contributed by atoms with van der Waals surface area (Å²) in [6, 6.07) is 22.2. The van der Waals surface area contributed by atoms with Crippen LogP contribution in [0.25, 0.3) is 17.5 Å². The number of esters is 1. The molecule has 3 aromatic carbocycles. The van der Waals surface area contributed by atoms with E-state index in [2.05, 4.69) is 34.6 Å². The largest absolute Gasteiger partial charge is 0.493 e. The van der Waals surface area contributed by atoms with Crippen molar-refractivity contribution in [2.24, 2.45) is 0 Å². The van der Waals surface area contributed by atoms with Gasteiger partial charge in [0.2, 0.25) is 5.89 Å². The lowest BCUT2D eigenvalue weighted by Gasteiger charge is -2.26. The molecule has 7 nitrogen and oxygen atoms in total. The molecule has 1 aliphatic rings. The van der Waals surface area contributed by atoms with Crippen LogP contribution in [0.3, 0.4) is 0 Å². The molecule has 0 bridgehead atoms. The first kappa shape index (κ1) is 25.3. The molecule has 1 unspecified atom stereocenters. The predicted octanol–water partition coefficient (Wildman–Crippen LogP) is 6.01. The second kappa shape index (κ2) is 11.8. The first-order chi connectivity index (χ1) is 18.6. The molecule has 5 rings (SSSR count). The number of nitrogens with one attached hydrogen (secondary N) is 1. The highest BCUT2D eigenvalue weighted by molar-refractivity contribution is 5.87. The molecule has 0 radical (unpaired) electrons. The minimum absolute atomic E-state index is 0.0503. The van der Waals surface area contributed by atoms with Crippen LogP contribution >= 0.6 is 0 Å². The number of benzene rings is 3. The SMILES string of the molecule is CCOC(=O)c1coc(-c2ccc(/C=C/C3NCCc4cc(OCc5ccccc5)c(OC)cc43)cc2)n1. The summed E-state index contributed by atoms with van der Waals surface area (Å²) in [5.41, 5.74) is 5.53. The normalized spacial score (nSPS) is 14.7. The Balaban J connectivity index is 1.29. The van der Waals surface area contributed by atoms with Crippen LogP contribution < -0.4 is 14.8 Å². The number of rotatable bonds is 9. The standard InChI is InChI=1S/C31H30N2O5/c1-3-36-31(34)27-20-38-30(33-27)23-12-9-21(10-13-23)11-14-26-25-18-28(35-2)29(17-24(25)15-16-32-26)37-19-22-7-5-4-6-8-22/h4-14,17-18,20,26,32H,3,15-16,19H2,1-2H3/b14-11+. The molecule has 194 valence electrons. The van der Waals surface area contributed by atoms with Crippen molar-refractivity contribution < 1.29 is 23.4 Å². The second-order valence-electron chi connectivity index (χ2n) is 8.90. The summed E-state index contributed by atoms with van der Waals surface area (Å²) in [5.74, 6) is 1.37. The Morgan fingerprint density at radius 1 is 1.11 bits per heavy atom. The molecule has 0 spiro atoms. The number of hydrogen-bond acceptors (Lipinski definition) is 7. The molecule has 38 heavy (non-hydrogen) atoms. The number of oxazole rings is 1. The molecular formula is C31H30N2O5. The number of hydrogen-bond donors (Lipinski definition) is 1. The van der Waals surface area contributed by atoms with Gasteiger partial charge in [0.05, 0.1) is 19.8 Å². The van der Waals surface area contributed by atoms with Crippen LogP contribution in [0.4, 0.5) is 0 Å². The van der Waals surface area contributed by atoms with Gasteiger partial charge in [-0.2, -0.15) is 0 Å². The van der Waals surface area contributed by atoms with Crippen molar-refractivity contribution in [1.29, 1.82) is 0 Å². The lowest BCUT2D eigenvalue weighted by Crippen LogP contribution is -2.28. The predicted molar refractivity (Wildman–Crippen MR) is 145 cm³/mol. The van der Waals surface area contributed by atoms with Crippen molar-refractivity contribution in [3.05, 3.63) is 107 Å². The number of methoxy groups -OCH3 is 1. The number of carbonyl (C=O) groups excluding carboxylic acids is 1. The van der Waals surface area contributed by atoms with Gasteiger partial charge in [0.15, 0.2) is 17.2 Å². The van der Waals surface area contributed by atoms with Gasteiger partial charge in [0.25, 0.3) is 0 Å². The van der Waals surface area contributed by atoms with Crippen LogP contribution in [0, 0.1) is 0 Å². The van der Waals surface area contributed by atoms with E-state index in [1.165, 1.54) is 17.4 Å². The Bertz CT molecular complexity index is 1410. The third-order valence-electron chi connectivity index (χ3n) is 6.38. The summed E-state index contributed by atoms with van der Waals surface area (Å²) in [7, 11) is 1.67. The molecule has 1 aromatic heterocycles. The molecule has 2 heterocycles. The average Bonchev–Trinajstić information content (AvgIpc) is 3.46. The molecule has 7 heteroatoms. The lowest BCUT2D eigenvalue weighted by atomic mass is 9.93. The molecule has 0 saturated heterocycles. The van der Waals surface area contributed by atoms with E-state index >= 15 is 0 Å². The number of fused-ring (bicyclic) bond motifs is 1. The second-order valence-corrected chi connectivity index (χ2v) is 8.90. The van der Waals surface area contributed by atoms with E-state index in [4.69, 9.17) is 18.6 Å². The maximum Gasteiger partial charge on any atom is 0.360 e. The maximum atomic E-state index is 11.8. The highest BCUT2D eigenvalue weighted by Gasteiger charge is 2.21. The third-order valence-corrected chi connectivity index (χ3v) is 6.38. The molecule has 0 saturated carbocycles. The van der Waals surface area contributed by atoms with Gasteiger partial charge in [-0.05, 0) is 59.9 Å². The zero-order valence-corrected chi connectivity index (χ0v) is 21.5. The first-order valence-corrected chi connectivity index (χ1v) is 12.7. The molecule has 1 atom stereocenters. The zero-order chi connectivity index (χ0) is 26.3. The van der Waals surface area contributed by atoms with Gasteiger partial charge in [-0.1, -0.05) is 54.6 Å². The third kappa shape index (κ3) is 5.79. The summed E-state index contributed by atoms with van der Waals surface area (Å²) in [6.45, 7) is 3.41. The minimum atomic E-state index is -0.492. The van der Waals surface area contributed by atoms with Crippen molar-refractivity contribution in [3.63, 3.8) is 0 Å². The summed E-state index contributed by atoms with van der Waals surface area (Å²) in [6.07, 6.45) is 6.48. The van der Waals surface area contributed by atoms with Gasteiger partial charge >= 0.3 is 5.97 Å². The van der Waals surface area contributed by atoms with Crippen LogP contribution in [0.15, 0.2) is 83.5 Å². The number of nitrogens with zero attached hydrogens (tertiary/aromatic N) is 1. The Kier molecular flexibility index (Phi) is 7.85. The van der Waals surface area contributed by atoms with Crippen LogP contribution in [0.2, 0.25) is 0 Å². The fourth-order valence-electron chi connectivity index (χ4n) is 4.42. The van der Waals surface area contributed by atoms with Crippen LogP contribution in [0.5, 0.6) is 11.5 Å². The lowest BCUT2D eigenvalue weighted by molar-refractivity contribution is 0.0519. The van der Waals surface area contributed by atoms with Crippen molar-refractivity contribution in [3.8, 4) is 23.0 Å². The molecule has 4 aromatic rings. The van der Waals surface area contributed by atoms with Crippen LogP contribution in [-0.4, -0.2) is 31.2 Å². The van der Waals surface area contributed by atoms with Gasteiger partial charge < -0.3 is 23.9 Å². The highest BCUT2D eigenvalue weighted by Crippen LogP contribution is 2.36. The van der Waals surface area contributed by atoms with Gasteiger partial charge in [0, 0.05) is 12.1 Å². The van der Waals surface area contributed by atoms with Gasteiger partial charge in [-0.25, -0.2) is 9.78 Å². The Labute approximate surface area is 222 Å². The van der Waals surface area contributed by atoms with Crippen LogP contribution in [0.1, 0.15) is 45.7 Å². The summed E-state index contributed by atoms with van der Waals surface area (Å²) < 4.78 is 22.2. The molecule has 1 aliphatic heterocycles. The molecular weight excluding hydrogens is 480 g/mol. The molecule has 0 amide bonds. The summed E-state index contributed by atoms with van der Waals surface area (Å²) >= 11 is 0. The monoisotopic (exact) mass is 510 g/mol. The Morgan fingerprint density at radius 3 is 2.68 bits per heavy atom. The van der Waals surface area contributed by atoms with Crippen molar-refractivity contribution in [2.45, 2.75) is 26.0 Å². The number of ether oxygens (including phenoxy) is 3. The molecule has 0 fully saturated rings. The topological polar surface area (TPSA) is 82.8 Å². The van der Waals surface area contributed by atoms with E-state index in [1.54, 1.807) is 14.0 Å². The van der Waals surface area contributed by atoms with Crippen molar-refractivity contribution >= 4 is 12.0 Å². The van der Waals surface area contributed by atoms with Crippen LogP contribution in [-0.2, 0) is 17.8 Å². The van der Waals surface area contributed by atoms with E-state index < -0.39 is 5.97 Å². The first-order valence-electron chi connectivity index (χ1n) is 12.7. The Morgan fingerprint density at radius 2 is 1.92 bits per heavy atom. The van der Waals surface area contributed by atoms with E-state index in [0.717, 1.165) is 41.2 Å². The average molecular weight is 511 g/mol. The molecule has 1 N–H and O–H groups in total. The summed E-state index contributed by atoms with van der Waals surface area (Å²) in [5, 5.41) is 3.58. The fraction of sp³-hybridized carbons (Fsp3) is 0.226. The number of carbonyl (C=O) groups is 1. The smallest absolute Gasteiger partial charge is 0.360 e. The quantitative estimate of drug-likeness (QED) is 0.276. The molecule has 0 aliphatic carbocycles. The van der Waals surface area contributed by atoms with Gasteiger partial charge in [-0.3, -0.25) is 0 Å². The van der Waals surface area contributed by atoms with E-state index in [9.17, 15) is 4.79 Å². The number of aromatic nitrogens is 1. The zero-order valence-electron chi connectivity index (χ0n) is 21.5.